The van der Waals surface area contributed by atoms with E-state index in [-0.39, 0.29) is 5.60 Å². The first-order chi connectivity index (χ1) is 7.44. The summed E-state index contributed by atoms with van der Waals surface area (Å²) in [5, 5.41) is 0. The lowest BCUT2D eigenvalue weighted by Gasteiger charge is -2.22. The predicted octanol–water partition coefficient (Wildman–Crippen LogP) is 2.77. The molecule has 0 atom stereocenters. The number of nitrogens with two attached hydrogens (primary N) is 1. The molecule has 0 aliphatic heterocycles. The number of hydrogen-bond donors (Lipinski definition) is 1. The molecule has 0 spiro atoms. The highest BCUT2D eigenvalue weighted by Crippen LogP contribution is 2.21. The molecule has 3 heteroatoms. The molecule has 16 heavy (non-hydrogen) atoms. The molecule has 0 saturated carbocycles. The number of nitrogen functional groups attached to an aromatic ring is 1. The van der Waals surface area contributed by atoms with Crippen molar-refractivity contribution in [3.8, 4) is 5.75 Å². The van der Waals surface area contributed by atoms with Gasteiger partial charge in [-0.1, -0.05) is 0 Å². The van der Waals surface area contributed by atoms with Crippen LogP contribution in [0, 0.1) is 6.92 Å². The first kappa shape index (κ1) is 12.8. The van der Waals surface area contributed by atoms with Crippen LogP contribution >= 0.6 is 0 Å². The first-order valence-electron chi connectivity index (χ1n) is 5.49. The number of anilines is 1. The third kappa shape index (κ3) is 3.74. The smallest absolute Gasteiger partial charge is 0.122 e. The minimum absolute atomic E-state index is 0.137. The van der Waals surface area contributed by atoms with Crippen molar-refractivity contribution in [2.45, 2.75) is 32.8 Å². The van der Waals surface area contributed by atoms with Crippen LogP contribution in [0.2, 0.25) is 0 Å². The van der Waals surface area contributed by atoms with Gasteiger partial charge in [-0.05, 0) is 44.5 Å². The Balaban J connectivity index is 2.49. The summed E-state index contributed by atoms with van der Waals surface area (Å²) in [5.74, 6) is 0.890. The Kier molecular flexibility index (Phi) is 4.19. The highest BCUT2D eigenvalue weighted by molar-refractivity contribution is 5.47. The number of hydrogen-bond acceptors (Lipinski definition) is 3. The molecule has 0 bridgehead atoms. The molecule has 0 fully saturated rings. The van der Waals surface area contributed by atoms with Gasteiger partial charge in [0.05, 0.1) is 12.2 Å². The molecule has 1 aromatic carbocycles. The fourth-order valence-corrected chi connectivity index (χ4v) is 1.34. The lowest BCUT2D eigenvalue weighted by atomic mass is 10.1. The van der Waals surface area contributed by atoms with Crippen LogP contribution in [0.1, 0.15) is 25.8 Å². The van der Waals surface area contributed by atoms with Crippen LogP contribution < -0.4 is 10.5 Å². The SMILES string of the molecule is COC(C)(C)CCOc1ccc(N)cc1C. The maximum atomic E-state index is 5.69. The van der Waals surface area contributed by atoms with Crippen molar-refractivity contribution in [2.75, 3.05) is 19.5 Å². The minimum atomic E-state index is -0.137. The van der Waals surface area contributed by atoms with E-state index in [0.717, 1.165) is 23.4 Å². The van der Waals surface area contributed by atoms with Crippen molar-refractivity contribution >= 4 is 5.69 Å². The second-order valence-electron chi connectivity index (χ2n) is 4.59. The zero-order valence-electron chi connectivity index (χ0n) is 10.5. The van der Waals surface area contributed by atoms with Crippen molar-refractivity contribution < 1.29 is 9.47 Å². The fraction of sp³-hybridized carbons (Fsp3) is 0.538. The van der Waals surface area contributed by atoms with E-state index in [9.17, 15) is 0 Å². The van der Waals surface area contributed by atoms with Gasteiger partial charge in [0.15, 0.2) is 0 Å². The monoisotopic (exact) mass is 223 g/mol. The number of methoxy groups -OCH3 is 1. The van der Waals surface area contributed by atoms with Gasteiger partial charge in [0.1, 0.15) is 5.75 Å². The zero-order valence-corrected chi connectivity index (χ0v) is 10.5. The Morgan fingerprint density at radius 1 is 1.31 bits per heavy atom. The lowest BCUT2D eigenvalue weighted by molar-refractivity contribution is 0.00540. The summed E-state index contributed by atoms with van der Waals surface area (Å²) >= 11 is 0. The molecule has 2 N–H and O–H groups in total. The third-order valence-electron chi connectivity index (χ3n) is 2.71. The van der Waals surface area contributed by atoms with Gasteiger partial charge in [0.2, 0.25) is 0 Å². The molecule has 90 valence electrons. The summed E-state index contributed by atoms with van der Waals surface area (Å²) in [6, 6.07) is 5.67. The minimum Gasteiger partial charge on any atom is -0.493 e. The lowest BCUT2D eigenvalue weighted by Crippen LogP contribution is -2.25. The summed E-state index contributed by atoms with van der Waals surface area (Å²) in [6.07, 6.45) is 0.854. The van der Waals surface area contributed by atoms with Gasteiger partial charge in [0.25, 0.3) is 0 Å². The number of benzene rings is 1. The Labute approximate surface area is 97.6 Å². The maximum Gasteiger partial charge on any atom is 0.122 e. The quantitative estimate of drug-likeness (QED) is 0.781. The van der Waals surface area contributed by atoms with Crippen molar-refractivity contribution in [1.29, 1.82) is 0 Å². The number of aryl methyl sites for hydroxylation is 1. The van der Waals surface area contributed by atoms with Gasteiger partial charge in [-0.25, -0.2) is 0 Å². The summed E-state index contributed by atoms with van der Waals surface area (Å²) in [5.41, 5.74) is 7.37. The molecule has 0 unspecified atom stereocenters. The zero-order chi connectivity index (χ0) is 12.2. The largest absolute Gasteiger partial charge is 0.493 e. The molecular weight excluding hydrogens is 202 g/mol. The molecule has 0 aliphatic carbocycles. The average molecular weight is 223 g/mol. The molecule has 0 radical (unpaired) electrons. The Bertz CT molecular complexity index is 348. The summed E-state index contributed by atoms with van der Waals surface area (Å²) in [6.45, 7) is 6.73. The van der Waals surface area contributed by atoms with E-state index >= 15 is 0 Å². The van der Waals surface area contributed by atoms with Crippen LogP contribution in [0.25, 0.3) is 0 Å². The molecule has 0 aromatic heterocycles. The summed E-state index contributed by atoms with van der Waals surface area (Å²) < 4.78 is 11.0. The van der Waals surface area contributed by atoms with Crippen molar-refractivity contribution in [3.05, 3.63) is 23.8 Å². The van der Waals surface area contributed by atoms with Gasteiger partial charge in [0, 0.05) is 19.2 Å². The Morgan fingerprint density at radius 3 is 2.56 bits per heavy atom. The number of rotatable bonds is 5. The molecular formula is C13H21NO2. The van der Waals surface area contributed by atoms with Gasteiger partial charge in [-0.15, -0.1) is 0 Å². The van der Waals surface area contributed by atoms with E-state index in [2.05, 4.69) is 0 Å². The summed E-state index contributed by atoms with van der Waals surface area (Å²) in [7, 11) is 1.72. The highest BCUT2D eigenvalue weighted by Gasteiger charge is 2.16. The van der Waals surface area contributed by atoms with E-state index in [4.69, 9.17) is 15.2 Å². The second kappa shape index (κ2) is 5.21. The van der Waals surface area contributed by atoms with E-state index in [1.54, 1.807) is 7.11 Å². The van der Waals surface area contributed by atoms with E-state index in [1.807, 2.05) is 39.0 Å². The van der Waals surface area contributed by atoms with E-state index in [0.29, 0.717) is 6.61 Å². The van der Waals surface area contributed by atoms with Gasteiger partial charge in [-0.2, -0.15) is 0 Å². The van der Waals surface area contributed by atoms with Gasteiger partial charge < -0.3 is 15.2 Å². The van der Waals surface area contributed by atoms with Crippen molar-refractivity contribution in [1.82, 2.24) is 0 Å². The molecule has 3 nitrogen and oxygen atoms in total. The average Bonchev–Trinajstić information content (AvgIpc) is 2.21. The van der Waals surface area contributed by atoms with Crippen LogP contribution in [0.5, 0.6) is 5.75 Å². The highest BCUT2D eigenvalue weighted by atomic mass is 16.5. The van der Waals surface area contributed by atoms with Crippen LogP contribution in [0.15, 0.2) is 18.2 Å². The molecule has 0 amide bonds. The normalized spacial score (nSPS) is 11.5. The molecule has 0 saturated heterocycles. The topological polar surface area (TPSA) is 44.5 Å². The van der Waals surface area contributed by atoms with E-state index < -0.39 is 0 Å². The molecule has 1 rings (SSSR count). The molecule has 0 aliphatic rings. The van der Waals surface area contributed by atoms with Crippen LogP contribution in [0.3, 0.4) is 0 Å². The van der Waals surface area contributed by atoms with Gasteiger partial charge in [-0.3, -0.25) is 0 Å². The maximum absolute atomic E-state index is 5.69. The van der Waals surface area contributed by atoms with Crippen LogP contribution in [-0.2, 0) is 4.74 Å². The Morgan fingerprint density at radius 2 is 2.00 bits per heavy atom. The fourth-order valence-electron chi connectivity index (χ4n) is 1.34. The van der Waals surface area contributed by atoms with Crippen molar-refractivity contribution in [2.24, 2.45) is 0 Å². The van der Waals surface area contributed by atoms with Gasteiger partial charge >= 0.3 is 0 Å². The van der Waals surface area contributed by atoms with Crippen LogP contribution in [-0.4, -0.2) is 19.3 Å². The Hall–Kier alpha value is -1.22. The first-order valence-corrected chi connectivity index (χ1v) is 5.49. The van der Waals surface area contributed by atoms with E-state index in [1.165, 1.54) is 0 Å². The molecule has 1 aromatic rings. The second-order valence-corrected chi connectivity index (χ2v) is 4.59. The third-order valence-corrected chi connectivity index (χ3v) is 2.71. The molecule has 0 heterocycles. The predicted molar refractivity (Wildman–Crippen MR) is 66.8 cm³/mol. The summed E-state index contributed by atoms with van der Waals surface area (Å²) in [4.78, 5) is 0. The van der Waals surface area contributed by atoms with Crippen LogP contribution in [0.4, 0.5) is 5.69 Å². The number of ether oxygens (including phenoxy) is 2. The standard InChI is InChI=1S/C13H21NO2/c1-10-9-11(14)5-6-12(10)16-8-7-13(2,3)15-4/h5-6,9H,7-8,14H2,1-4H3. The van der Waals surface area contributed by atoms with Crippen molar-refractivity contribution in [3.63, 3.8) is 0 Å².